The zero-order valence-corrected chi connectivity index (χ0v) is 11.4. The summed E-state index contributed by atoms with van der Waals surface area (Å²) in [7, 11) is 2.05. The van der Waals surface area contributed by atoms with Crippen LogP contribution in [0.3, 0.4) is 0 Å². The summed E-state index contributed by atoms with van der Waals surface area (Å²) in [4.78, 5) is 0. The van der Waals surface area contributed by atoms with Gasteiger partial charge < -0.3 is 0 Å². The lowest BCUT2D eigenvalue weighted by Crippen LogP contribution is -2.40. The number of hydrogen-bond donors (Lipinski definition) is 1. The van der Waals surface area contributed by atoms with Gasteiger partial charge in [-0.2, -0.15) is 0 Å². The van der Waals surface area contributed by atoms with Crippen LogP contribution in [0, 0.1) is 0 Å². The molecule has 1 heterocycles. The monoisotopic (exact) mass is 251 g/mol. The van der Waals surface area contributed by atoms with E-state index in [0.717, 1.165) is 12.3 Å². The lowest BCUT2D eigenvalue weighted by atomic mass is 9.77. The molecule has 19 heavy (non-hydrogen) atoms. The Hall–Kier alpha value is -2.09. The summed E-state index contributed by atoms with van der Waals surface area (Å²) < 4.78 is 2.11. The van der Waals surface area contributed by atoms with E-state index in [9.17, 15) is 0 Å². The molecule has 0 fully saturated rings. The van der Waals surface area contributed by atoms with Gasteiger partial charge in [0, 0.05) is 5.56 Å². The molecule has 1 aliphatic rings. The molecule has 1 atom stereocenters. The number of amidine groups is 1. The molecule has 0 spiro atoms. The summed E-state index contributed by atoms with van der Waals surface area (Å²) in [6.45, 7) is 2.23. The third-order valence-electron chi connectivity index (χ3n) is 4.19. The quantitative estimate of drug-likeness (QED) is 0.817. The SMILES string of the molecule is C[N+]1=C(N)C(C)(Cc2ccccc2)c2ccccc21. The zero-order valence-electron chi connectivity index (χ0n) is 11.4. The Labute approximate surface area is 114 Å². The molecule has 0 saturated heterocycles. The van der Waals surface area contributed by atoms with Gasteiger partial charge in [-0.3, -0.25) is 5.73 Å². The van der Waals surface area contributed by atoms with Gasteiger partial charge in [0.05, 0.1) is 7.05 Å². The number of fused-ring (bicyclic) bond motifs is 1. The summed E-state index contributed by atoms with van der Waals surface area (Å²) in [5.41, 5.74) is 10.1. The van der Waals surface area contributed by atoms with Crippen molar-refractivity contribution < 1.29 is 4.58 Å². The van der Waals surface area contributed by atoms with Crippen LogP contribution >= 0.6 is 0 Å². The van der Waals surface area contributed by atoms with E-state index in [4.69, 9.17) is 5.73 Å². The topological polar surface area (TPSA) is 29.0 Å². The van der Waals surface area contributed by atoms with Crippen molar-refractivity contribution in [2.45, 2.75) is 18.8 Å². The highest BCUT2D eigenvalue weighted by molar-refractivity contribution is 5.92. The minimum absolute atomic E-state index is 0.118. The van der Waals surface area contributed by atoms with Gasteiger partial charge in [0.2, 0.25) is 0 Å². The molecule has 0 aromatic heterocycles. The molecular weight excluding hydrogens is 232 g/mol. The third-order valence-corrected chi connectivity index (χ3v) is 4.19. The van der Waals surface area contributed by atoms with E-state index in [1.165, 1.54) is 16.8 Å². The minimum Gasteiger partial charge on any atom is -0.290 e. The fourth-order valence-corrected chi connectivity index (χ4v) is 3.06. The average molecular weight is 251 g/mol. The van der Waals surface area contributed by atoms with Crippen molar-refractivity contribution in [1.29, 1.82) is 0 Å². The predicted octanol–water partition coefficient (Wildman–Crippen LogP) is 2.83. The molecule has 2 heteroatoms. The van der Waals surface area contributed by atoms with Gasteiger partial charge in [-0.1, -0.05) is 48.5 Å². The molecule has 0 aliphatic carbocycles. The maximum atomic E-state index is 6.40. The zero-order chi connectivity index (χ0) is 13.5. The minimum atomic E-state index is -0.118. The van der Waals surface area contributed by atoms with Crippen LogP contribution < -0.4 is 5.73 Å². The molecule has 3 rings (SSSR count). The third kappa shape index (κ3) is 1.75. The van der Waals surface area contributed by atoms with Crippen molar-refractivity contribution in [2.24, 2.45) is 5.73 Å². The Morgan fingerprint density at radius 2 is 1.63 bits per heavy atom. The summed E-state index contributed by atoms with van der Waals surface area (Å²) in [5, 5.41) is 0. The fraction of sp³-hybridized carbons (Fsp3) is 0.235. The summed E-state index contributed by atoms with van der Waals surface area (Å²) in [6, 6.07) is 19.0. The average Bonchev–Trinajstić information content (AvgIpc) is 2.63. The number of nitrogens with two attached hydrogens (primary N) is 1. The maximum absolute atomic E-state index is 6.40. The molecule has 0 bridgehead atoms. The Morgan fingerprint density at radius 1 is 1.00 bits per heavy atom. The molecule has 2 nitrogen and oxygen atoms in total. The van der Waals surface area contributed by atoms with Crippen LogP contribution in [0.4, 0.5) is 5.69 Å². The highest BCUT2D eigenvalue weighted by Gasteiger charge is 2.44. The van der Waals surface area contributed by atoms with Crippen LogP contribution in [-0.2, 0) is 11.8 Å². The van der Waals surface area contributed by atoms with Crippen molar-refractivity contribution >= 4 is 11.5 Å². The molecule has 96 valence electrons. The van der Waals surface area contributed by atoms with E-state index >= 15 is 0 Å². The van der Waals surface area contributed by atoms with Crippen molar-refractivity contribution in [2.75, 3.05) is 7.05 Å². The van der Waals surface area contributed by atoms with E-state index in [1.807, 2.05) is 13.1 Å². The number of hydrogen-bond acceptors (Lipinski definition) is 1. The number of nitrogens with zero attached hydrogens (tertiary/aromatic N) is 1. The van der Waals surface area contributed by atoms with Crippen molar-refractivity contribution in [3.05, 3.63) is 65.7 Å². The second kappa shape index (κ2) is 4.23. The van der Waals surface area contributed by atoms with E-state index in [0.29, 0.717) is 0 Å². The van der Waals surface area contributed by atoms with Gasteiger partial charge in [0.1, 0.15) is 11.1 Å². The molecule has 0 radical (unpaired) electrons. The van der Waals surface area contributed by atoms with Gasteiger partial charge >= 0.3 is 0 Å². The van der Waals surface area contributed by atoms with Gasteiger partial charge in [-0.25, -0.2) is 4.58 Å². The van der Waals surface area contributed by atoms with Crippen LogP contribution in [-0.4, -0.2) is 17.5 Å². The number of rotatable bonds is 2. The Kier molecular flexibility index (Phi) is 2.67. The molecule has 2 aromatic rings. The van der Waals surface area contributed by atoms with E-state index in [2.05, 4.69) is 60.0 Å². The van der Waals surface area contributed by atoms with Gasteiger partial charge in [-0.05, 0) is 25.0 Å². The number of para-hydroxylation sites is 1. The molecule has 0 saturated carbocycles. The first-order valence-electron chi connectivity index (χ1n) is 6.63. The predicted molar refractivity (Wildman–Crippen MR) is 79.0 cm³/mol. The van der Waals surface area contributed by atoms with Crippen LogP contribution in [0.1, 0.15) is 18.1 Å². The van der Waals surface area contributed by atoms with Crippen molar-refractivity contribution in [3.63, 3.8) is 0 Å². The van der Waals surface area contributed by atoms with Crippen LogP contribution in [0.15, 0.2) is 54.6 Å². The summed E-state index contributed by atoms with van der Waals surface area (Å²) >= 11 is 0. The Morgan fingerprint density at radius 3 is 2.37 bits per heavy atom. The second-order valence-electron chi connectivity index (χ2n) is 5.46. The van der Waals surface area contributed by atoms with Crippen LogP contribution in [0.2, 0.25) is 0 Å². The second-order valence-corrected chi connectivity index (χ2v) is 5.46. The highest BCUT2D eigenvalue weighted by atomic mass is 15.1. The molecule has 2 N–H and O–H groups in total. The summed E-state index contributed by atoms with van der Waals surface area (Å²) in [5.74, 6) is 0.928. The molecule has 0 amide bonds. The standard InChI is InChI=1S/C17H18N2/c1-17(12-13-8-4-3-5-9-13)14-10-6-7-11-15(14)19(2)16(17)18/h3-11,18H,12H2,1-2H3/p+1. The van der Waals surface area contributed by atoms with Gasteiger partial charge in [-0.15, -0.1) is 0 Å². The van der Waals surface area contributed by atoms with Crippen molar-refractivity contribution in [3.8, 4) is 0 Å². The van der Waals surface area contributed by atoms with Crippen LogP contribution in [0.5, 0.6) is 0 Å². The highest BCUT2D eigenvalue weighted by Crippen LogP contribution is 2.39. The molecular formula is C17H19N2+. The molecule has 2 aromatic carbocycles. The maximum Gasteiger partial charge on any atom is 0.258 e. The normalized spacial score (nSPS) is 21.6. The van der Waals surface area contributed by atoms with Gasteiger partial charge in [0.15, 0.2) is 0 Å². The van der Waals surface area contributed by atoms with E-state index < -0.39 is 0 Å². The smallest absolute Gasteiger partial charge is 0.258 e. The molecule has 1 aliphatic heterocycles. The van der Waals surface area contributed by atoms with Gasteiger partial charge in [0.25, 0.3) is 5.84 Å². The first-order valence-corrected chi connectivity index (χ1v) is 6.63. The first-order chi connectivity index (χ1) is 9.13. The first kappa shape index (κ1) is 12.0. The summed E-state index contributed by atoms with van der Waals surface area (Å²) in [6.07, 6.45) is 0.932. The van der Waals surface area contributed by atoms with E-state index in [-0.39, 0.29) is 5.41 Å². The van der Waals surface area contributed by atoms with Crippen molar-refractivity contribution in [1.82, 2.24) is 0 Å². The number of benzene rings is 2. The Bertz CT molecular complexity index is 643. The van der Waals surface area contributed by atoms with Crippen LogP contribution in [0.25, 0.3) is 0 Å². The lowest BCUT2D eigenvalue weighted by Gasteiger charge is -2.21. The fourth-order valence-electron chi connectivity index (χ4n) is 3.06. The largest absolute Gasteiger partial charge is 0.290 e. The Balaban J connectivity index is 2.09. The lowest BCUT2D eigenvalue weighted by molar-refractivity contribution is -0.403. The molecule has 1 unspecified atom stereocenters. The van der Waals surface area contributed by atoms with E-state index in [1.54, 1.807) is 0 Å².